The maximum atomic E-state index is 12.8. The third-order valence-electron chi connectivity index (χ3n) is 5.71. The van der Waals surface area contributed by atoms with Gasteiger partial charge in [-0.05, 0) is 61.7 Å². The number of thioether (sulfide) groups is 1. The van der Waals surface area contributed by atoms with Crippen molar-refractivity contribution in [2.24, 2.45) is 0 Å². The summed E-state index contributed by atoms with van der Waals surface area (Å²) in [7, 11) is 0. The molecule has 0 aliphatic carbocycles. The molecule has 0 N–H and O–H groups in total. The Morgan fingerprint density at radius 2 is 1.80 bits per heavy atom. The van der Waals surface area contributed by atoms with E-state index in [1.165, 1.54) is 5.56 Å². The van der Waals surface area contributed by atoms with Gasteiger partial charge in [-0.25, -0.2) is 0 Å². The molecule has 3 heterocycles. The number of benzene rings is 1. The average molecular weight is 424 g/mol. The summed E-state index contributed by atoms with van der Waals surface area (Å²) in [5.74, 6) is -0.539. The number of amides is 3. The molecule has 156 valence electrons. The number of hydrogen-bond acceptors (Lipinski definition) is 4. The first-order valence-electron chi connectivity index (χ1n) is 10.2. The third-order valence-corrected chi connectivity index (χ3v) is 6.62. The summed E-state index contributed by atoms with van der Waals surface area (Å²) in [6.07, 6.45) is 3.73. The van der Waals surface area contributed by atoms with Crippen LogP contribution in [0.3, 0.4) is 0 Å². The van der Waals surface area contributed by atoms with Crippen molar-refractivity contribution in [1.29, 1.82) is 0 Å². The zero-order valence-electron chi connectivity index (χ0n) is 17.3. The minimum absolute atomic E-state index is 0.155. The topological polar surface area (TPSA) is 62.6 Å². The summed E-state index contributed by atoms with van der Waals surface area (Å²) in [4.78, 5) is 40.7. The molecule has 0 atom stereocenters. The van der Waals surface area contributed by atoms with Crippen molar-refractivity contribution in [3.05, 3.63) is 63.8 Å². The van der Waals surface area contributed by atoms with Gasteiger partial charge in [-0.2, -0.15) is 0 Å². The molecule has 4 rings (SSSR count). The zero-order valence-corrected chi connectivity index (χ0v) is 18.1. The molecule has 0 unspecified atom stereocenters. The average Bonchev–Trinajstić information content (AvgIpc) is 3.42. The molecule has 7 heteroatoms. The van der Waals surface area contributed by atoms with Gasteiger partial charge in [0.1, 0.15) is 6.54 Å². The van der Waals surface area contributed by atoms with E-state index < -0.39 is 0 Å². The molecule has 1 aromatic carbocycles. The van der Waals surface area contributed by atoms with Crippen LogP contribution in [-0.4, -0.2) is 51.1 Å². The normalized spacial score (nSPS) is 18.1. The molecule has 0 bridgehead atoms. The largest absolute Gasteiger partial charge is 0.344 e. The summed E-state index contributed by atoms with van der Waals surface area (Å²) in [6, 6.07) is 12.2. The number of carbonyl (C=O) groups excluding carboxylic acids is 3. The smallest absolute Gasteiger partial charge is 0.294 e. The van der Waals surface area contributed by atoms with Gasteiger partial charge in [0.2, 0.25) is 5.91 Å². The van der Waals surface area contributed by atoms with Crippen molar-refractivity contribution in [2.75, 3.05) is 19.6 Å². The lowest BCUT2D eigenvalue weighted by atomic mass is 10.2. The first kappa shape index (κ1) is 20.5. The fourth-order valence-electron chi connectivity index (χ4n) is 3.96. The van der Waals surface area contributed by atoms with E-state index in [-0.39, 0.29) is 23.6 Å². The van der Waals surface area contributed by atoms with Crippen LogP contribution in [0.1, 0.15) is 35.4 Å². The standard InChI is InChI=1S/C23H25N3O3S/c1-16-12-19(17(2)25(16)14-18-8-4-3-5-9-18)13-20-22(28)26(23(29)30-20)15-21(27)24-10-6-7-11-24/h3-5,8-9,12-13H,6-7,10-11,14-15H2,1-2H3/b20-13+. The van der Waals surface area contributed by atoms with E-state index in [1.807, 2.05) is 38.1 Å². The van der Waals surface area contributed by atoms with Crippen molar-refractivity contribution in [2.45, 2.75) is 33.2 Å². The van der Waals surface area contributed by atoms with E-state index in [2.05, 4.69) is 16.7 Å². The third kappa shape index (κ3) is 4.07. The van der Waals surface area contributed by atoms with Crippen molar-refractivity contribution in [1.82, 2.24) is 14.4 Å². The lowest BCUT2D eigenvalue weighted by molar-refractivity contribution is -0.135. The van der Waals surface area contributed by atoms with Gasteiger partial charge in [-0.1, -0.05) is 30.3 Å². The molecular weight excluding hydrogens is 398 g/mol. The molecule has 0 radical (unpaired) electrons. The van der Waals surface area contributed by atoms with Crippen LogP contribution in [0.4, 0.5) is 4.79 Å². The maximum absolute atomic E-state index is 12.8. The number of aromatic nitrogens is 1. The van der Waals surface area contributed by atoms with E-state index in [0.29, 0.717) is 18.0 Å². The second-order valence-corrected chi connectivity index (χ2v) is 8.75. The van der Waals surface area contributed by atoms with Gasteiger partial charge in [-0.3, -0.25) is 19.3 Å². The summed E-state index contributed by atoms with van der Waals surface area (Å²) in [5, 5.41) is -0.378. The predicted molar refractivity (Wildman–Crippen MR) is 118 cm³/mol. The molecule has 0 saturated carbocycles. The minimum Gasteiger partial charge on any atom is -0.344 e. The Morgan fingerprint density at radius 1 is 1.10 bits per heavy atom. The van der Waals surface area contributed by atoms with Crippen LogP contribution in [0.5, 0.6) is 0 Å². The van der Waals surface area contributed by atoms with Crippen LogP contribution in [0.25, 0.3) is 6.08 Å². The molecule has 1 aromatic heterocycles. The second kappa shape index (κ2) is 8.52. The molecule has 3 amide bonds. The number of aryl methyl sites for hydroxylation is 1. The fraction of sp³-hybridized carbons (Fsp3) is 0.348. The van der Waals surface area contributed by atoms with Gasteiger partial charge < -0.3 is 9.47 Å². The van der Waals surface area contributed by atoms with Crippen LogP contribution >= 0.6 is 11.8 Å². The highest BCUT2D eigenvalue weighted by atomic mass is 32.2. The van der Waals surface area contributed by atoms with Crippen molar-refractivity contribution >= 4 is 34.9 Å². The molecule has 30 heavy (non-hydrogen) atoms. The molecule has 2 saturated heterocycles. The van der Waals surface area contributed by atoms with Crippen LogP contribution in [0.2, 0.25) is 0 Å². The molecule has 0 spiro atoms. The van der Waals surface area contributed by atoms with Crippen LogP contribution in [0, 0.1) is 13.8 Å². The number of rotatable bonds is 5. The van der Waals surface area contributed by atoms with E-state index in [0.717, 1.165) is 53.0 Å². The molecule has 2 aliphatic heterocycles. The Hall–Kier alpha value is -2.80. The van der Waals surface area contributed by atoms with Crippen LogP contribution in [0.15, 0.2) is 41.3 Å². The Balaban J connectivity index is 1.52. The highest BCUT2D eigenvalue weighted by Crippen LogP contribution is 2.33. The Morgan fingerprint density at radius 3 is 2.50 bits per heavy atom. The number of likely N-dealkylation sites (tertiary alicyclic amines) is 1. The molecule has 6 nitrogen and oxygen atoms in total. The van der Waals surface area contributed by atoms with Gasteiger partial charge in [0, 0.05) is 31.0 Å². The van der Waals surface area contributed by atoms with Gasteiger partial charge >= 0.3 is 0 Å². The lowest BCUT2D eigenvalue weighted by Crippen LogP contribution is -2.40. The van der Waals surface area contributed by atoms with E-state index in [9.17, 15) is 14.4 Å². The Labute approximate surface area is 180 Å². The highest BCUT2D eigenvalue weighted by Gasteiger charge is 2.37. The van der Waals surface area contributed by atoms with E-state index in [4.69, 9.17) is 0 Å². The SMILES string of the molecule is Cc1cc(/C=C2/SC(=O)N(CC(=O)N3CCCC3)C2=O)c(C)n1Cc1ccccc1. The van der Waals surface area contributed by atoms with Crippen LogP contribution in [-0.2, 0) is 16.1 Å². The van der Waals surface area contributed by atoms with E-state index >= 15 is 0 Å². The summed E-state index contributed by atoms with van der Waals surface area (Å²) < 4.78 is 2.20. The lowest BCUT2D eigenvalue weighted by Gasteiger charge is -2.18. The van der Waals surface area contributed by atoms with Gasteiger partial charge in [0.15, 0.2) is 0 Å². The second-order valence-electron chi connectivity index (χ2n) is 7.75. The molecule has 2 aromatic rings. The molecule has 2 fully saturated rings. The van der Waals surface area contributed by atoms with Crippen molar-refractivity contribution in [3.8, 4) is 0 Å². The van der Waals surface area contributed by atoms with E-state index in [1.54, 1.807) is 11.0 Å². The summed E-state index contributed by atoms with van der Waals surface area (Å²) in [6.45, 7) is 6.04. The minimum atomic E-state index is -0.384. The van der Waals surface area contributed by atoms with Crippen molar-refractivity contribution in [3.63, 3.8) is 0 Å². The number of imide groups is 1. The quantitative estimate of drug-likeness (QED) is 0.686. The molecular formula is C23H25N3O3S. The predicted octanol–water partition coefficient (Wildman–Crippen LogP) is 3.81. The fourth-order valence-corrected chi connectivity index (χ4v) is 4.79. The monoisotopic (exact) mass is 423 g/mol. The molecule has 2 aliphatic rings. The van der Waals surface area contributed by atoms with Gasteiger partial charge in [0.05, 0.1) is 4.91 Å². The van der Waals surface area contributed by atoms with Gasteiger partial charge in [-0.15, -0.1) is 0 Å². The Kier molecular flexibility index (Phi) is 5.81. The Bertz CT molecular complexity index is 1020. The summed E-state index contributed by atoms with van der Waals surface area (Å²) in [5.41, 5.74) is 4.24. The first-order valence-corrected chi connectivity index (χ1v) is 11.0. The number of hydrogen-bond donors (Lipinski definition) is 0. The zero-order chi connectivity index (χ0) is 21.3. The highest BCUT2D eigenvalue weighted by molar-refractivity contribution is 8.18. The number of carbonyl (C=O) groups is 3. The number of nitrogens with zero attached hydrogens (tertiary/aromatic N) is 3. The maximum Gasteiger partial charge on any atom is 0.294 e. The van der Waals surface area contributed by atoms with Crippen LogP contribution < -0.4 is 0 Å². The summed E-state index contributed by atoms with van der Waals surface area (Å²) >= 11 is 0.907. The van der Waals surface area contributed by atoms with Crippen molar-refractivity contribution < 1.29 is 14.4 Å². The van der Waals surface area contributed by atoms with Gasteiger partial charge in [0.25, 0.3) is 11.1 Å². The first-order chi connectivity index (χ1) is 14.4.